The van der Waals surface area contributed by atoms with Crippen LogP contribution in [0.1, 0.15) is 45.6 Å². The number of carbonyl (C=O) groups is 2. The van der Waals surface area contributed by atoms with Crippen LogP contribution >= 0.6 is 0 Å². The van der Waals surface area contributed by atoms with E-state index in [2.05, 4.69) is 5.32 Å². The smallest absolute Gasteiger partial charge is 0.407 e. The maximum atomic E-state index is 12.0. The van der Waals surface area contributed by atoms with E-state index in [0.717, 1.165) is 24.8 Å². The number of ether oxygens (including phenoxy) is 2. The van der Waals surface area contributed by atoms with Gasteiger partial charge in [0.15, 0.2) is 6.10 Å². The van der Waals surface area contributed by atoms with E-state index in [4.69, 9.17) is 9.47 Å². The molecule has 1 aromatic carbocycles. The Kier molecular flexibility index (Phi) is 6.42. The molecular formula is C19H27NO5. The average Bonchev–Trinajstić information content (AvgIpc) is 2.97. The molecule has 1 saturated carbocycles. The second kappa shape index (κ2) is 8.34. The van der Waals surface area contributed by atoms with Crippen molar-refractivity contribution < 1.29 is 24.2 Å². The highest BCUT2D eigenvalue weighted by Crippen LogP contribution is 2.29. The van der Waals surface area contributed by atoms with Gasteiger partial charge >= 0.3 is 12.1 Å². The van der Waals surface area contributed by atoms with Crippen LogP contribution in [0, 0.1) is 5.41 Å². The Bertz CT molecular complexity index is 581. The van der Waals surface area contributed by atoms with Gasteiger partial charge in [-0.3, -0.25) is 0 Å². The monoisotopic (exact) mass is 349 g/mol. The first-order valence-corrected chi connectivity index (χ1v) is 8.63. The fourth-order valence-corrected chi connectivity index (χ4v) is 2.98. The first-order chi connectivity index (χ1) is 11.8. The van der Waals surface area contributed by atoms with Crippen LogP contribution in [0.15, 0.2) is 30.3 Å². The van der Waals surface area contributed by atoms with Crippen LogP contribution in [0.5, 0.6) is 0 Å². The van der Waals surface area contributed by atoms with Gasteiger partial charge in [-0.1, -0.05) is 51.1 Å². The Hall–Kier alpha value is -2.08. The molecule has 0 aliphatic heterocycles. The molecule has 2 N–H and O–H groups in total. The minimum Gasteiger partial charge on any atom is -0.479 e. The van der Waals surface area contributed by atoms with Crippen molar-refractivity contribution in [2.45, 2.75) is 64.9 Å². The molecule has 1 aliphatic rings. The standard InChI is InChI=1S/C19H27NO5/c1-19(2,3)16(17(21)22)25-15-11-7-10-14(15)20-18(23)24-12-13-8-5-4-6-9-13/h4-6,8-9,14-16H,7,10-12H2,1-3H3,(H,20,23)(H,21,22)/t14-,15-,16?/m0/s1. The van der Waals surface area contributed by atoms with Crippen LogP contribution in [0.2, 0.25) is 0 Å². The van der Waals surface area contributed by atoms with Gasteiger partial charge in [0.25, 0.3) is 0 Å². The summed E-state index contributed by atoms with van der Waals surface area (Å²) >= 11 is 0. The zero-order valence-corrected chi connectivity index (χ0v) is 15.0. The number of hydrogen-bond acceptors (Lipinski definition) is 4. The van der Waals surface area contributed by atoms with Gasteiger partial charge in [0.1, 0.15) is 6.61 Å². The minimum absolute atomic E-state index is 0.199. The molecule has 138 valence electrons. The summed E-state index contributed by atoms with van der Waals surface area (Å²) in [5.74, 6) is -0.982. The lowest BCUT2D eigenvalue weighted by molar-refractivity contribution is -0.164. The maximum absolute atomic E-state index is 12.0. The zero-order valence-electron chi connectivity index (χ0n) is 15.0. The summed E-state index contributed by atoms with van der Waals surface area (Å²) in [6, 6.07) is 9.21. The van der Waals surface area contributed by atoms with Gasteiger partial charge in [-0.2, -0.15) is 0 Å². The summed E-state index contributed by atoms with van der Waals surface area (Å²) in [6.07, 6.45) is 0.618. The van der Waals surface area contributed by atoms with Gasteiger partial charge in [-0.15, -0.1) is 0 Å². The van der Waals surface area contributed by atoms with Gasteiger partial charge in [0.05, 0.1) is 12.1 Å². The summed E-state index contributed by atoms with van der Waals surface area (Å²) in [6.45, 7) is 5.69. The van der Waals surface area contributed by atoms with Crippen molar-refractivity contribution in [2.24, 2.45) is 5.41 Å². The molecule has 0 saturated heterocycles. The lowest BCUT2D eigenvalue weighted by Crippen LogP contribution is -2.46. The molecule has 1 aromatic rings. The first kappa shape index (κ1) is 19.2. The summed E-state index contributed by atoms with van der Waals surface area (Å²) in [5, 5.41) is 12.2. The zero-order chi connectivity index (χ0) is 18.4. The molecule has 1 aliphatic carbocycles. The molecule has 25 heavy (non-hydrogen) atoms. The Morgan fingerprint density at radius 2 is 1.92 bits per heavy atom. The quantitative estimate of drug-likeness (QED) is 0.823. The Labute approximate surface area is 148 Å². The fourth-order valence-electron chi connectivity index (χ4n) is 2.98. The van der Waals surface area contributed by atoms with Gasteiger partial charge in [0.2, 0.25) is 0 Å². The van der Waals surface area contributed by atoms with Gasteiger partial charge in [-0.05, 0) is 30.2 Å². The topological polar surface area (TPSA) is 84.9 Å². The van der Waals surface area contributed by atoms with Gasteiger partial charge < -0.3 is 19.9 Å². The van der Waals surface area contributed by atoms with E-state index < -0.39 is 23.6 Å². The number of carbonyl (C=O) groups excluding carboxylic acids is 1. The van der Waals surface area contributed by atoms with Gasteiger partial charge in [0, 0.05) is 0 Å². The Morgan fingerprint density at radius 3 is 2.52 bits per heavy atom. The van der Waals surface area contributed by atoms with Crippen molar-refractivity contribution in [3.63, 3.8) is 0 Å². The molecule has 0 radical (unpaired) electrons. The molecular weight excluding hydrogens is 322 g/mol. The van der Waals surface area contributed by atoms with Crippen molar-refractivity contribution in [1.82, 2.24) is 5.32 Å². The summed E-state index contributed by atoms with van der Waals surface area (Å²) in [7, 11) is 0. The number of rotatable bonds is 6. The lowest BCUT2D eigenvalue weighted by atomic mass is 9.89. The maximum Gasteiger partial charge on any atom is 0.407 e. The van der Waals surface area contributed by atoms with E-state index in [1.807, 2.05) is 51.1 Å². The number of nitrogens with one attached hydrogen (secondary N) is 1. The van der Waals surface area contributed by atoms with E-state index in [1.165, 1.54) is 0 Å². The summed E-state index contributed by atoms with van der Waals surface area (Å²) in [5.41, 5.74) is 0.392. The number of amides is 1. The van der Waals surface area contributed by atoms with Crippen LogP contribution in [0.4, 0.5) is 4.79 Å². The third-order valence-corrected chi connectivity index (χ3v) is 4.29. The van der Waals surface area contributed by atoms with E-state index >= 15 is 0 Å². The molecule has 1 fully saturated rings. The van der Waals surface area contributed by atoms with Crippen LogP contribution in [-0.4, -0.2) is 35.4 Å². The third-order valence-electron chi connectivity index (χ3n) is 4.29. The normalized spacial score (nSPS) is 21.6. The second-order valence-corrected chi connectivity index (χ2v) is 7.50. The van der Waals surface area contributed by atoms with Crippen molar-refractivity contribution in [3.8, 4) is 0 Å². The average molecular weight is 349 g/mol. The fraction of sp³-hybridized carbons (Fsp3) is 0.579. The lowest BCUT2D eigenvalue weighted by Gasteiger charge is -2.31. The first-order valence-electron chi connectivity index (χ1n) is 8.63. The van der Waals surface area contributed by atoms with Crippen molar-refractivity contribution in [2.75, 3.05) is 0 Å². The number of carboxylic acid groups (broad SMARTS) is 1. The van der Waals surface area contributed by atoms with Crippen molar-refractivity contribution in [1.29, 1.82) is 0 Å². The summed E-state index contributed by atoms with van der Waals surface area (Å²) < 4.78 is 11.1. The van der Waals surface area contributed by atoms with E-state index in [-0.39, 0.29) is 18.8 Å². The predicted octanol–water partition coefficient (Wildman–Crippen LogP) is 3.35. The molecule has 6 nitrogen and oxygen atoms in total. The minimum atomic E-state index is -0.982. The summed E-state index contributed by atoms with van der Waals surface area (Å²) in [4.78, 5) is 23.5. The second-order valence-electron chi connectivity index (χ2n) is 7.50. The molecule has 0 aromatic heterocycles. The number of alkyl carbamates (subject to hydrolysis) is 1. The molecule has 2 rings (SSSR count). The molecule has 0 spiro atoms. The highest BCUT2D eigenvalue weighted by Gasteiger charge is 2.39. The van der Waals surface area contributed by atoms with Crippen LogP contribution in [0.25, 0.3) is 0 Å². The van der Waals surface area contributed by atoms with Crippen LogP contribution in [-0.2, 0) is 20.9 Å². The van der Waals surface area contributed by atoms with Crippen LogP contribution < -0.4 is 5.32 Å². The molecule has 0 heterocycles. The van der Waals surface area contributed by atoms with E-state index in [1.54, 1.807) is 0 Å². The van der Waals surface area contributed by atoms with E-state index in [0.29, 0.717) is 0 Å². The van der Waals surface area contributed by atoms with Crippen molar-refractivity contribution in [3.05, 3.63) is 35.9 Å². The third kappa shape index (κ3) is 5.74. The number of aliphatic carboxylic acids is 1. The molecule has 0 bridgehead atoms. The molecule has 3 atom stereocenters. The Balaban J connectivity index is 1.88. The molecule has 6 heteroatoms. The highest BCUT2D eigenvalue weighted by atomic mass is 16.6. The van der Waals surface area contributed by atoms with Crippen molar-refractivity contribution >= 4 is 12.1 Å². The molecule has 1 amide bonds. The largest absolute Gasteiger partial charge is 0.479 e. The number of carboxylic acids is 1. The number of hydrogen-bond donors (Lipinski definition) is 2. The predicted molar refractivity (Wildman–Crippen MR) is 93.2 cm³/mol. The van der Waals surface area contributed by atoms with Gasteiger partial charge in [-0.25, -0.2) is 9.59 Å². The Morgan fingerprint density at radius 1 is 1.24 bits per heavy atom. The SMILES string of the molecule is CC(C)(C)C(O[C@H]1CCC[C@@H]1NC(=O)OCc1ccccc1)C(=O)O. The van der Waals surface area contributed by atoms with E-state index in [9.17, 15) is 14.7 Å². The van der Waals surface area contributed by atoms with Crippen LogP contribution in [0.3, 0.4) is 0 Å². The number of benzene rings is 1. The molecule has 1 unspecified atom stereocenters. The highest BCUT2D eigenvalue weighted by molar-refractivity contribution is 5.73.